The summed E-state index contributed by atoms with van der Waals surface area (Å²) >= 11 is 6.11. The van der Waals surface area contributed by atoms with Crippen molar-refractivity contribution in [1.82, 2.24) is 14.9 Å². The first-order valence-electron chi connectivity index (χ1n) is 8.87. The number of hydrogen-bond donors (Lipinski definition) is 1. The van der Waals surface area contributed by atoms with E-state index in [9.17, 15) is 4.79 Å². The predicted molar refractivity (Wildman–Crippen MR) is 105 cm³/mol. The van der Waals surface area contributed by atoms with Gasteiger partial charge in [-0.25, -0.2) is 9.97 Å². The van der Waals surface area contributed by atoms with Crippen molar-refractivity contribution in [3.63, 3.8) is 0 Å². The molecule has 0 aliphatic carbocycles. The molecule has 138 valence electrons. The first-order valence-corrected chi connectivity index (χ1v) is 9.24. The number of nitrogens with zero attached hydrogens (tertiary/aromatic N) is 4. The Balaban J connectivity index is 1.43. The Morgan fingerprint density at radius 2 is 2.08 bits per heavy atom. The van der Waals surface area contributed by atoms with E-state index in [-0.39, 0.29) is 12.5 Å². The van der Waals surface area contributed by atoms with E-state index in [0.717, 1.165) is 44.0 Å². The van der Waals surface area contributed by atoms with Crippen molar-refractivity contribution in [1.29, 1.82) is 0 Å². The number of para-hydroxylation sites is 1. The number of aromatic nitrogens is 2. The van der Waals surface area contributed by atoms with Crippen molar-refractivity contribution >= 4 is 29.0 Å². The van der Waals surface area contributed by atoms with Gasteiger partial charge >= 0.3 is 0 Å². The van der Waals surface area contributed by atoms with Crippen LogP contribution in [0, 0.1) is 5.92 Å². The maximum absolute atomic E-state index is 12.4. The number of anilines is 2. The number of rotatable bonds is 6. The smallest absolute Gasteiger partial charge is 0.241 e. The minimum atomic E-state index is 0.118. The Kier molecular flexibility index (Phi) is 6.28. The molecule has 1 N–H and O–H groups in total. The van der Waals surface area contributed by atoms with E-state index < -0.39 is 0 Å². The lowest BCUT2D eigenvalue weighted by molar-refractivity contribution is -0.130. The fourth-order valence-corrected chi connectivity index (χ4v) is 3.45. The first-order chi connectivity index (χ1) is 12.6. The fraction of sp³-hybridized carbons (Fsp3) is 0.421. The third-order valence-corrected chi connectivity index (χ3v) is 5.09. The van der Waals surface area contributed by atoms with Gasteiger partial charge in [0.15, 0.2) is 0 Å². The second-order valence-corrected chi connectivity index (χ2v) is 7.01. The maximum atomic E-state index is 12.4. The standard InChI is InChI=1S/C19H24ClN5O/c1-24(18-6-9-21-14-23-18)13-15-7-10-25(11-8-15)19(26)12-22-17-5-3-2-4-16(17)20/h2-6,9,14-15,22H,7-8,10-13H2,1H3. The van der Waals surface area contributed by atoms with Crippen LogP contribution in [0.5, 0.6) is 0 Å². The van der Waals surface area contributed by atoms with E-state index in [1.54, 1.807) is 12.5 Å². The molecule has 1 fully saturated rings. The van der Waals surface area contributed by atoms with Crippen LogP contribution in [-0.2, 0) is 4.79 Å². The summed E-state index contributed by atoms with van der Waals surface area (Å²) in [4.78, 5) is 24.7. The summed E-state index contributed by atoms with van der Waals surface area (Å²) in [6.07, 6.45) is 5.34. The zero-order valence-corrected chi connectivity index (χ0v) is 15.7. The second kappa shape index (κ2) is 8.85. The van der Waals surface area contributed by atoms with E-state index >= 15 is 0 Å². The van der Waals surface area contributed by atoms with E-state index in [1.807, 2.05) is 42.3 Å². The SMILES string of the molecule is CN(CC1CCN(C(=O)CNc2ccccc2Cl)CC1)c1ccncn1. The number of likely N-dealkylation sites (tertiary alicyclic amines) is 1. The van der Waals surface area contributed by atoms with Crippen LogP contribution in [-0.4, -0.2) is 54.0 Å². The molecule has 0 unspecified atom stereocenters. The van der Waals surface area contributed by atoms with Crippen molar-refractivity contribution in [2.45, 2.75) is 12.8 Å². The van der Waals surface area contributed by atoms with E-state index in [1.165, 1.54) is 0 Å². The van der Waals surface area contributed by atoms with E-state index in [0.29, 0.717) is 10.9 Å². The van der Waals surface area contributed by atoms with Crippen molar-refractivity contribution < 1.29 is 4.79 Å². The molecule has 0 bridgehead atoms. The lowest BCUT2D eigenvalue weighted by Crippen LogP contribution is -2.43. The molecule has 1 aromatic heterocycles. The van der Waals surface area contributed by atoms with Crippen LogP contribution in [0.25, 0.3) is 0 Å². The van der Waals surface area contributed by atoms with Crippen LogP contribution >= 0.6 is 11.6 Å². The number of benzene rings is 1. The average Bonchev–Trinajstić information content (AvgIpc) is 2.68. The van der Waals surface area contributed by atoms with Crippen molar-refractivity contribution in [2.75, 3.05) is 43.4 Å². The molecule has 2 aromatic rings. The molecule has 6 nitrogen and oxygen atoms in total. The number of amides is 1. The van der Waals surface area contributed by atoms with E-state index in [4.69, 9.17) is 11.6 Å². The number of piperidine rings is 1. The van der Waals surface area contributed by atoms with Crippen LogP contribution in [0.2, 0.25) is 5.02 Å². The Labute approximate surface area is 159 Å². The molecule has 1 aliphatic heterocycles. The number of halogens is 1. The third kappa shape index (κ3) is 4.85. The maximum Gasteiger partial charge on any atom is 0.241 e. The molecule has 1 aromatic carbocycles. The van der Waals surface area contributed by atoms with Gasteiger partial charge in [0.1, 0.15) is 12.1 Å². The lowest BCUT2D eigenvalue weighted by atomic mass is 9.96. The second-order valence-electron chi connectivity index (χ2n) is 6.61. The van der Waals surface area contributed by atoms with Crippen molar-refractivity contribution in [3.05, 3.63) is 47.9 Å². The fourth-order valence-electron chi connectivity index (χ4n) is 3.24. The number of carbonyl (C=O) groups excluding carboxylic acids is 1. The minimum Gasteiger partial charge on any atom is -0.375 e. The largest absolute Gasteiger partial charge is 0.375 e. The molecule has 1 amide bonds. The summed E-state index contributed by atoms with van der Waals surface area (Å²) in [5.74, 6) is 1.62. The quantitative estimate of drug-likeness (QED) is 0.843. The molecule has 3 rings (SSSR count). The predicted octanol–water partition coefficient (Wildman–Crippen LogP) is 2.92. The van der Waals surface area contributed by atoms with Gasteiger partial charge in [0, 0.05) is 32.9 Å². The molecular formula is C19H24ClN5O. The van der Waals surface area contributed by atoms with Crippen LogP contribution < -0.4 is 10.2 Å². The molecule has 0 atom stereocenters. The zero-order chi connectivity index (χ0) is 18.4. The van der Waals surface area contributed by atoms with Gasteiger partial charge in [0.05, 0.1) is 17.3 Å². The minimum absolute atomic E-state index is 0.118. The van der Waals surface area contributed by atoms with Crippen LogP contribution in [0.1, 0.15) is 12.8 Å². The first kappa shape index (κ1) is 18.5. The molecule has 26 heavy (non-hydrogen) atoms. The average molecular weight is 374 g/mol. The molecule has 0 saturated carbocycles. The van der Waals surface area contributed by atoms with Gasteiger partial charge in [-0.2, -0.15) is 0 Å². The lowest BCUT2D eigenvalue weighted by Gasteiger charge is -2.34. The summed E-state index contributed by atoms with van der Waals surface area (Å²) < 4.78 is 0. The monoisotopic (exact) mass is 373 g/mol. The number of nitrogens with one attached hydrogen (secondary N) is 1. The van der Waals surface area contributed by atoms with Crippen LogP contribution in [0.4, 0.5) is 11.5 Å². The highest BCUT2D eigenvalue weighted by molar-refractivity contribution is 6.33. The Morgan fingerprint density at radius 1 is 1.31 bits per heavy atom. The Hall–Kier alpha value is -2.34. The molecular weight excluding hydrogens is 350 g/mol. The zero-order valence-electron chi connectivity index (χ0n) is 14.9. The summed E-state index contributed by atoms with van der Waals surface area (Å²) in [6, 6.07) is 9.38. The molecule has 1 saturated heterocycles. The van der Waals surface area contributed by atoms with Gasteiger partial charge in [0.2, 0.25) is 5.91 Å². The summed E-state index contributed by atoms with van der Waals surface area (Å²) in [7, 11) is 2.05. The topological polar surface area (TPSA) is 61.4 Å². The third-order valence-electron chi connectivity index (χ3n) is 4.76. The number of carbonyl (C=O) groups is 1. The van der Waals surface area contributed by atoms with Crippen LogP contribution in [0.15, 0.2) is 42.9 Å². The van der Waals surface area contributed by atoms with Gasteiger partial charge in [-0.3, -0.25) is 4.79 Å². The highest BCUT2D eigenvalue weighted by Crippen LogP contribution is 2.22. The van der Waals surface area contributed by atoms with Gasteiger partial charge in [0.25, 0.3) is 0 Å². The summed E-state index contributed by atoms with van der Waals surface area (Å²) in [6.45, 7) is 2.81. The molecule has 7 heteroatoms. The highest BCUT2D eigenvalue weighted by Gasteiger charge is 2.23. The number of hydrogen-bond acceptors (Lipinski definition) is 5. The molecule has 1 aliphatic rings. The Bertz CT molecular complexity index is 719. The van der Waals surface area contributed by atoms with Gasteiger partial charge in [-0.15, -0.1) is 0 Å². The summed E-state index contributed by atoms with van der Waals surface area (Å²) in [5, 5.41) is 3.76. The van der Waals surface area contributed by atoms with Gasteiger partial charge in [-0.05, 0) is 37.0 Å². The molecule has 0 spiro atoms. The van der Waals surface area contributed by atoms with Gasteiger partial charge in [-0.1, -0.05) is 23.7 Å². The Morgan fingerprint density at radius 3 is 2.77 bits per heavy atom. The van der Waals surface area contributed by atoms with Gasteiger partial charge < -0.3 is 15.1 Å². The van der Waals surface area contributed by atoms with E-state index in [2.05, 4.69) is 20.2 Å². The highest BCUT2D eigenvalue weighted by atomic mass is 35.5. The molecule has 2 heterocycles. The molecule has 0 radical (unpaired) electrons. The van der Waals surface area contributed by atoms with Crippen LogP contribution in [0.3, 0.4) is 0 Å². The van der Waals surface area contributed by atoms with Crippen molar-refractivity contribution in [2.24, 2.45) is 5.92 Å². The van der Waals surface area contributed by atoms with Crippen molar-refractivity contribution in [3.8, 4) is 0 Å². The summed E-state index contributed by atoms with van der Waals surface area (Å²) in [5.41, 5.74) is 0.795. The normalized spacial score (nSPS) is 14.9.